The van der Waals surface area contributed by atoms with Gasteiger partial charge in [-0.15, -0.1) is 0 Å². The average Bonchev–Trinajstić information content (AvgIpc) is 2.39. The van der Waals surface area contributed by atoms with E-state index in [1.54, 1.807) is 19.1 Å². The van der Waals surface area contributed by atoms with Gasteiger partial charge in [-0.1, -0.05) is 6.92 Å². The van der Waals surface area contributed by atoms with E-state index in [1.165, 1.54) is 17.6 Å². The Hall–Kier alpha value is -1.22. The highest BCUT2D eigenvalue weighted by Crippen LogP contribution is 2.20. The van der Waals surface area contributed by atoms with Crippen LogP contribution >= 0.6 is 0 Å². The predicted octanol–water partition coefficient (Wildman–Crippen LogP) is 0.0242. The number of methoxy groups -OCH3 is 1. The molecule has 1 aromatic rings. The quantitative estimate of drug-likeness (QED) is 0.537. The molecule has 0 aliphatic carbocycles. The third kappa shape index (κ3) is 3.16. The molecule has 1 rings (SSSR count). The molecule has 0 saturated carbocycles. The Balaban J connectivity index is 3.10. The Labute approximate surface area is 107 Å². The Bertz CT molecular complexity index is 478. The van der Waals surface area contributed by atoms with Gasteiger partial charge in [-0.3, -0.25) is 5.84 Å². The molecule has 1 aromatic heterocycles. The van der Waals surface area contributed by atoms with Gasteiger partial charge < -0.3 is 10.2 Å². The smallest absolute Gasteiger partial charge is 0.262 e. The summed E-state index contributed by atoms with van der Waals surface area (Å²) in [4.78, 5) is 3.89. The molecule has 0 saturated heterocycles. The van der Waals surface area contributed by atoms with Gasteiger partial charge in [0.05, 0.1) is 12.3 Å². The number of rotatable bonds is 7. The van der Waals surface area contributed by atoms with Gasteiger partial charge in [0.1, 0.15) is 0 Å². The number of anilines is 1. The number of nitrogen functional groups attached to an aromatic ring is 1. The van der Waals surface area contributed by atoms with E-state index in [1.807, 2.05) is 0 Å². The number of sulfonamides is 1. The lowest BCUT2D eigenvalue weighted by atomic mass is 10.4. The molecule has 0 fully saturated rings. The molecule has 7 nitrogen and oxygen atoms in total. The Morgan fingerprint density at radius 2 is 2.28 bits per heavy atom. The Morgan fingerprint density at radius 1 is 1.56 bits per heavy atom. The first kappa shape index (κ1) is 14.8. The van der Waals surface area contributed by atoms with Crippen molar-refractivity contribution in [2.24, 2.45) is 5.84 Å². The number of hydrogen-bond donors (Lipinski definition) is 2. The van der Waals surface area contributed by atoms with Crippen molar-refractivity contribution in [2.75, 3.05) is 32.2 Å². The highest BCUT2D eigenvalue weighted by atomic mass is 32.2. The number of ether oxygens (including phenoxy) is 1. The molecule has 0 amide bonds. The lowest BCUT2D eigenvalue weighted by molar-refractivity contribution is 0.180. The van der Waals surface area contributed by atoms with Crippen LogP contribution in [0, 0.1) is 0 Å². The van der Waals surface area contributed by atoms with Crippen molar-refractivity contribution in [3.8, 4) is 0 Å². The van der Waals surface area contributed by atoms with Crippen molar-refractivity contribution in [3.05, 3.63) is 18.3 Å². The molecular weight excluding hydrogens is 256 g/mol. The van der Waals surface area contributed by atoms with E-state index in [2.05, 4.69) is 10.4 Å². The first-order chi connectivity index (χ1) is 8.57. The highest BCUT2D eigenvalue weighted by molar-refractivity contribution is 7.89. The summed E-state index contributed by atoms with van der Waals surface area (Å²) in [6, 6.07) is 3.17. The summed E-state index contributed by atoms with van der Waals surface area (Å²) < 4.78 is 30.9. The molecule has 0 aliphatic heterocycles. The zero-order valence-corrected chi connectivity index (χ0v) is 11.3. The Morgan fingerprint density at radius 3 is 2.83 bits per heavy atom. The summed E-state index contributed by atoms with van der Waals surface area (Å²) in [6.45, 7) is 2.69. The second-order valence-corrected chi connectivity index (χ2v) is 5.34. The molecule has 8 heteroatoms. The minimum Gasteiger partial charge on any atom is -0.383 e. The van der Waals surface area contributed by atoms with E-state index in [0.29, 0.717) is 13.2 Å². The number of pyridine rings is 1. The van der Waals surface area contributed by atoms with Gasteiger partial charge in [0, 0.05) is 26.4 Å². The fourth-order valence-electron chi connectivity index (χ4n) is 1.47. The van der Waals surface area contributed by atoms with Crippen LogP contribution in [0.5, 0.6) is 0 Å². The van der Waals surface area contributed by atoms with Crippen LogP contribution in [-0.4, -0.2) is 44.5 Å². The summed E-state index contributed by atoms with van der Waals surface area (Å²) in [5.74, 6) is 5.29. The fourth-order valence-corrected chi connectivity index (χ4v) is 2.97. The molecule has 0 unspecified atom stereocenters. The number of nitrogens with zero attached hydrogens (tertiary/aromatic N) is 2. The number of nitrogens with one attached hydrogen (secondary N) is 1. The normalized spacial score (nSPS) is 11.8. The van der Waals surface area contributed by atoms with E-state index >= 15 is 0 Å². The molecule has 1 heterocycles. The van der Waals surface area contributed by atoms with Gasteiger partial charge in [-0.2, -0.15) is 4.31 Å². The average molecular weight is 274 g/mol. The second-order valence-electron chi connectivity index (χ2n) is 3.49. The largest absolute Gasteiger partial charge is 0.383 e. The molecular formula is C10H18N4O3S. The maximum atomic E-state index is 12.4. The number of likely N-dealkylation sites (N-methyl/N-ethyl adjacent to an activating group) is 1. The van der Waals surface area contributed by atoms with Crippen LogP contribution in [0.15, 0.2) is 23.4 Å². The van der Waals surface area contributed by atoms with Crippen molar-refractivity contribution in [1.29, 1.82) is 0 Å². The first-order valence-electron chi connectivity index (χ1n) is 5.48. The van der Waals surface area contributed by atoms with E-state index in [0.717, 1.165) is 0 Å². The summed E-state index contributed by atoms with van der Waals surface area (Å²) >= 11 is 0. The number of hydrazine groups is 1. The SMILES string of the molecule is CCN(CCOC)S(=O)(=O)c1ncccc1NN. The summed E-state index contributed by atoms with van der Waals surface area (Å²) in [6.07, 6.45) is 1.41. The molecule has 0 aliphatic rings. The van der Waals surface area contributed by atoms with E-state index < -0.39 is 10.0 Å². The van der Waals surface area contributed by atoms with E-state index in [4.69, 9.17) is 10.6 Å². The zero-order chi connectivity index (χ0) is 13.6. The van der Waals surface area contributed by atoms with Crippen molar-refractivity contribution in [2.45, 2.75) is 11.9 Å². The number of hydrogen-bond acceptors (Lipinski definition) is 6. The predicted molar refractivity (Wildman–Crippen MR) is 68.4 cm³/mol. The highest BCUT2D eigenvalue weighted by Gasteiger charge is 2.26. The van der Waals surface area contributed by atoms with Crippen LogP contribution in [0.25, 0.3) is 0 Å². The van der Waals surface area contributed by atoms with Crippen molar-refractivity contribution in [3.63, 3.8) is 0 Å². The third-order valence-corrected chi connectivity index (χ3v) is 4.34. The number of nitrogens with two attached hydrogens (primary N) is 1. The third-order valence-electron chi connectivity index (χ3n) is 2.41. The summed E-state index contributed by atoms with van der Waals surface area (Å²) in [7, 11) is -2.14. The van der Waals surface area contributed by atoms with Crippen LogP contribution in [0.4, 0.5) is 5.69 Å². The maximum absolute atomic E-state index is 12.4. The van der Waals surface area contributed by atoms with Crippen molar-refractivity contribution < 1.29 is 13.2 Å². The molecule has 0 atom stereocenters. The van der Waals surface area contributed by atoms with E-state index in [-0.39, 0.29) is 17.3 Å². The minimum atomic E-state index is -3.67. The van der Waals surface area contributed by atoms with Crippen molar-refractivity contribution >= 4 is 15.7 Å². The van der Waals surface area contributed by atoms with Crippen LogP contribution in [-0.2, 0) is 14.8 Å². The topological polar surface area (TPSA) is 97.5 Å². The lowest BCUT2D eigenvalue weighted by Gasteiger charge is -2.20. The van der Waals surface area contributed by atoms with Gasteiger partial charge in [0.15, 0.2) is 5.03 Å². The standard InChI is InChI=1S/C10H18N4O3S/c1-3-14(7-8-17-2)18(15,16)10-9(13-11)5-4-6-12-10/h4-6,13H,3,7-8,11H2,1-2H3. The second kappa shape index (κ2) is 6.64. The molecule has 3 N–H and O–H groups in total. The molecule has 0 aromatic carbocycles. The van der Waals surface area contributed by atoms with Gasteiger partial charge >= 0.3 is 0 Å². The molecule has 0 radical (unpaired) electrons. The summed E-state index contributed by atoms with van der Waals surface area (Å²) in [5.41, 5.74) is 2.61. The van der Waals surface area contributed by atoms with Crippen LogP contribution < -0.4 is 11.3 Å². The van der Waals surface area contributed by atoms with Crippen LogP contribution in [0.2, 0.25) is 0 Å². The zero-order valence-electron chi connectivity index (χ0n) is 10.5. The van der Waals surface area contributed by atoms with Crippen molar-refractivity contribution in [1.82, 2.24) is 9.29 Å². The van der Waals surface area contributed by atoms with Gasteiger partial charge in [0.25, 0.3) is 10.0 Å². The summed E-state index contributed by atoms with van der Waals surface area (Å²) in [5, 5.41) is -0.0783. The molecule has 0 spiro atoms. The first-order valence-corrected chi connectivity index (χ1v) is 6.92. The lowest BCUT2D eigenvalue weighted by Crippen LogP contribution is -2.35. The molecule has 0 bridgehead atoms. The Kier molecular flexibility index (Phi) is 5.48. The van der Waals surface area contributed by atoms with E-state index in [9.17, 15) is 8.42 Å². The van der Waals surface area contributed by atoms with Gasteiger partial charge in [-0.25, -0.2) is 13.4 Å². The number of aromatic nitrogens is 1. The monoisotopic (exact) mass is 274 g/mol. The molecule has 18 heavy (non-hydrogen) atoms. The fraction of sp³-hybridized carbons (Fsp3) is 0.500. The van der Waals surface area contributed by atoms with Crippen LogP contribution in [0.3, 0.4) is 0 Å². The maximum Gasteiger partial charge on any atom is 0.262 e. The molecule has 102 valence electrons. The minimum absolute atomic E-state index is 0.0783. The van der Waals surface area contributed by atoms with Crippen LogP contribution in [0.1, 0.15) is 6.92 Å². The van der Waals surface area contributed by atoms with Gasteiger partial charge in [-0.05, 0) is 12.1 Å². The van der Waals surface area contributed by atoms with Gasteiger partial charge in [0.2, 0.25) is 0 Å².